The van der Waals surface area contributed by atoms with Crippen molar-refractivity contribution in [2.75, 3.05) is 0 Å². The number of nitrogens with zero attached hydrogens (tertiary/aromatic N) is 5. The Balaban J connectivity index is 2.58. The molecule has 0 radical (unpaired) electrons. The first-order valence-corrected chi connectivity index (χ1v) is 6.53. The van der Waals surface area contributed by atoms with E-state index in [1.807, 2.05) is 0 Å². The SMILES string of the molecule is Cn1cc(-c2nnc(S(=O)(=O)Cl)n2C)cn1. The maximum Gasteiger partial charge on any atom is 0.296 e. The van der Waals surface area contributed by atoms with Crippen molar-refractivity contribution in [2.24, 2.45) is 14.1 Å². The third-order valence-corrected chi connectivity index (χ3v) is 3.22. The monoisotopic (exact) mass is 261 g/mol. The predicted molar refractivity (Wildman–Crippen MR) is 56.2 cm³/mol. The lowest BCUT2D eigenvalue weighted by Gasteiger charge is -1.98. The van der Waals surface area contributed by atoms with Crippen molar-refractivity contribution >= 4 is 19.7 Å². The fourth-order valence-corrected chi connectivity index (χ4v) is 2.27. The van der Waals surface area contributed by atoms with Crippen molar-refractivity contribution in [3.63, 3.8) is 0 Å². The van der Waals surface area contributed by atoms with Gasteiger partial charge in [0.15, 0.2) is 5.82 Å². The molecule has 2 rings (SSSR count). The van der Waals surface area contributed by atoms with Gasteiger partial charge in [0.1, 0.15) is 0 Å². The van der Waals surface area contributed by atoms with Crippen molar-refractivity contribution < 1.29 is 8.42 Å². The van der Waals surface area contributed by atoms with E-state index in [9.17, 15) is 8.42 Å². The molecule has 0 amide bonds. The minimum absolute atomic E-state index is 0.284. The Morgan fingerprint density at radius 3 is 2.44 bits per heavy atom. The Hall–Kier alpha value is -1.41. The quantitative estimate of drug-likeness (QED) is 0.719. The predicted octanol–water partition coefficient (Wildman–Crippen LogP) is 0.143. The summed E-state index contributed by atoms with van der Waals surface area (Å²) >= 11 is 0. The first-order valence-electron chi connectivity index (χ1n) is 4.22. The van der Waals surface area contributed by atoms with Crippen LogP contribution in [0.5, 0.6) is 0 Å². The van der Waals surface area contributed by atoms with E-state index in [-0.39, 0.29) is 5.16 Å². The van der Waals surface area contributed by atoms with Crippen molar-refractivity contribution in [3.05, 3.63) is 12.4 Å². The number of aryl methyl sites for hydroxylation is 1. The van der Waals surface area contributed by atoms with Gasteiger partial charge in [-0.2, -0.15) is 5.10 Å². The second-order valence-corrected chi connectivity index (χ2v) is 5.67. The average Bonchev–Trinajstić information content (AvgIpc) is 2.70. The lowest BCUT2D eigenvalue weighted by Crippen LogP contribution is -2.02. The van der Waals surface area contributed by atoms with Gasteiger partial charge in [-0.15, -0.1) is 10.2 Å². The van der Waals surface area contributed by atoms with E-state index in [0.29, 0.717) is 11.4 Å². The van der Waals surface area contributed by atoms with Crippen LogP contribution >= 0.6 is 10.7 Å². The molecule has 16 heavy (non-hydrogen) atoms. The maximum atomic E-state index is 11.1. The minimum atomic E-state index is -3.88. The Morgan fingerprint density at radius 2 is 2.00 bits per heavy atom. The van der Waals surface area contributed by atoms with Crippen molar-refractivity contribution in [1.29, 1.82) is 0 Å². The summed E-state index contributed by atoms with van der Waals surface area (Å²) in [7, 11) is 4.59. The van der Waals surface area contributed by atoms with E-state index >= 15 is 0 Å². The van der Waals surface area contributed by atoms with E-state index in [1.54, 1.807) is 24.1 Å². The highest BCUT2D eigenvalue weighted by molar-refractivity contribution is 8.13. The van der Waals surface area contributed by atoms with E-state index in [1.165, 1.54) is 11.6 Å². The zero-order chi connectivity index (χ0) is 11.9. The number of aromatic nitrogens is 5. The van der Waals surface area contributed by atoms with E-state index in [4.69, 9.17) is 10.7 Å². The highest BCUT2D eigenvalue weighted by Crippen LogP contribution is 2.19. The second kappa shape index (κ2) is 3.56. The van der Waals surface area contributed by atoms with Crippen molar-refractivity contribution in [2.45, 2.75) is 5.16 Å². The van der Waals surface area contributed by atoms with Gasteiger partial charge in [-0.25, -0.2) is 8.42 Å². The molecule has 0 unspecified atom stereocenters. The van der Waals surface area contributed by atoms with Gasteiger partial charge in [-0.3, -0.25) is 9.25 Å². The van der Waals surface area contributed by atoms with Gasteiger partial charge in [0, 0.05) is 31.0 Å². The number of halogens is 1. The number of hydrogen-bond acceptors (Lipinski definition) is 5. The summed E-state index contributed by atoms with van der Waals surface area (Å²) in [4.78, 5) is 0. The molecule has 0 saturated carbocycles. The summed E-state index contributed by atoms with van der Waals surface area (Å²) in [5, 5.41) is 11.0. The Morgan fingerprint density at radius 1 is 1.31 bits per heavy atom. The zero-order valence-electron chi connectivity index (χ0n) is 8.49. The summed E-state index contributed by atoms with van der Waals surface area (Å²) < 4.78 is 25.1. The molecule has 0 aliphatic carbocycles. The molecule has 0 aliphatic heterocycles. The molecule has 0 atom stereocenters. The summed E-state index contributed by atoms with van der Waals surface area (Å²) in [6.07, 6.45) is 3.27. The van der Waals surface area contributed by atoms with Crippen LogP contribution in [0.2, 0.25) is 0 Å². The summed E-state index contributed by atoms with van der Waals surface area (Å²) in [5.74, 6) is 0.396. The molecule has 0 spiro atoms. The van der Waals surface area contributed by atoms with Gasteiger partial charge in [0.25, 0.3) is 14.2 Å². The second-order valence-electron chi connectivity index (χ2n) is 3.21. The molecule has 0 saturated heterocycles. The number of rotatable bonds is 2. The molecule has 86 valence electrons. The van der Waals surface area contributed by atoms with Crippen LogP contribution < -0.4 is 0 Å². The maximum absolute atomic E-state index is 11.1. The standard InChI is InChI=1S/C7H8ClN5O2S/c1-12-4-5(3-9-12)6-10-11-7(13(6)2)16(8,14)15/h3-4H,1-2H3. The Labute approximate surface area is 96.1 Å². The first-order chi connectivity index (χ1) is 7.39. The van der Waals surface area contributed by atoms with Gasteiger partial charge >= 0.3 is 0 Å². The molecule has 0 aliphatic rings. The molecule has 9 heteroatoms. The molecule has 2 aromatic rings. The van der Waals surface area contributed by atoms with Crippen LogP contribution in [0.1, 0.15) is 0 Å². The van der Waals surface area contributed by atoms with Crippen LogP contribution in [-0.4, -0.2) is 33.0 Å². The normalized spacial score (nSPS) is 11.9. The highest BCUT2D eigenvalue weighted by atomic mass is 35.7. The van der Waals surface area contributed by atoms with Gasteiger partial charge in [-0.1, -0.05) is 0 Å². The van der Waals surface area contributed by atoms with Gasteiger partial charge < -0.3 is 0 Å². The lowest BCUT2D eigenvalue weighted by molar-refractivity contribution is 0.593. The summed E-state index contributed by atoms with van der Waals surface area (Å²) in [5.41, 5.74) is 0.670. The van der Waals surface area contributed by atoms with Gasteiger partial charge in [0.2, 0.25) is 0 Å². The number of hydrogen-bond donors (Lipinski definition) is 0. The largest absolute Gasteiger partial charge is 0.300 e. The molecular weight excluding hydrogens is 254 g/mol. The Bertz CT molecular complexity index is 629. The topological polar surface area (TPSA) is 82.7 Å². The lowest BCUT2D eigenvalue weighted by atomic mass is 10.3. The highest BCUT2D eigenvalue weighted by Gasteiger charge is 2.21. The van der Waals surface area contributed by atoms with Gasteiger partial charge in [-0.05, 0) is 0 Å². The molecule has 0 aromatic carbocycles. The van der Waals surface area contributed by atoms with Crippen LogP contribution in [0, 0.1) is 0 Å². The van der Waals surface area contributed by atoms with E-state index in [0.717, 1.165) is 0 Å². The van der Waals surface area contributed by atoms with Crippen molar-refractivity contribution in [3.8, 4) is 11.4 Å². The van der Waals surface area contributed by atoms with Crippen LogP contribution in [-0.2, 0) is 23.1 Å². The molecule has 0 fully saturated rings. The molecule has 0 N–H and O–H groups in total. The Kier molecular flexibility index (Phi) is 2.47. The molecule has 2 aromatic heterocycles. The minimum Gasteiger partial charge on any atom is -0.300 e. The first kappa shape index (κ1) is 11.1. The summed E-state index contributed by atoms with van der Waals surface area (Å²) in [6.45, 7) is 0. The van der Waals surface area contributed by atoms with E-state index < -0.39 is 9.05 Å². The van der Waals surface area contributed by atoms with Crippen LogP contribution in [0.25, 0.3) is 11.4 Å². The molecule has 2 heterocycles. The summed E-state index contributed by atoms with van der Waals surface area (Å²) in [6, 6.07) is 0. The van der Waals surface area contributed by atoms with Gasteiger partial charge in [0.05, 0.1) is 11.8 Å². The van der Waals surface area contributed by atoms with Crippen molar-refractivity contribution in [1.82, 2.24) is 24.5 Å². The van der Waals surface area contributed by atoms with Crippen LogP contribution in [0.3, 0.4) is 0 Å². The smallest absolute Gasteiger partial charge is 0.296 e. The third-order valence-electron chi connectivity index (χ3n) is 2.02. The fraction of sp³-hybridized carbons (Fsp3) is 0.286. The van der Waals surface area contributed by atoms with E-state index in [2.05, 4.69) is 15.3 Å². The average molecular weight is 262 g/mol. The third kappa shape index (κ3) is 1.81. The molecule has 0 bridgehead atoms. The van der Waals surface area contributed by atoms with Crippen LogP contribution in [0.15, 0.2) is 17.6 Å². The zero-order valence-corrected chi connectivity index (χ0v) is 10.1. The molecule has 7 nitrogen and oxygen atoms in total. The fourth-order valence-electron chi connectivity index (χ4n) is 1.32. The molecular formula is C7H8ClN5O2S. The van der Waals surface area contributed by atoms with Crippen LogP contribution in [0.4, 0.5) is 0 Å².